The first kappa shape index (κ1) is 12.8. The first-order valence-corrected chi connectivity index (χ1v) is 6.48. The highest BCUT2D eigenvalue weighted by Gasteiger charge is 2.02. The van der Waals surface area contributed by atoms with Crippen molar-refractivity contribution in [3.8, 4) is 5.75 Å². The average Bonchev–Trinajstić information content (AvgIpc) is 2.35. The SMILES string of the molecule is CC(C)NCCCc1ccc2cccc(O)c2n1. The number of rotatable bonds is 5. The van der Waals surface area contributed by atoms with E-state index >= 15 is 0 Å². The van der Waals surface area contributed by atoms with Crippen LogP contribution in [0.25, 0.3) is 10.9 Å². The normalized spacial score (nSPS) is 11.3. The molecule has 18 heavy (non-hydrogen) atoms. The summed E-state index contributed by atoms with van der Waals surface area (Å²) in [6.07, 6.45) is 1.99. The van der Waals surface area contributed by atoms with E-state index in [1.807, 2.05) is 24.3 Å². The van der Waals surface area contributed by atoms with Crippen molar-refractivity contribution in [3.05, 3.63) is 36.0 Å². The summed E-state index contributed by atoms with van der Waals surface area (Å²) >= 11 is 0. The quantitative estimate of drug-likeness (QED) is 0.795. The van der Waals surface area contributed by atoms with Crippen molar-refractivity contribution in [1.82, 2.24) is 10.3 Å². The van der Waals surface area contributed by atoms with E-state index in [2.05, 4.69) is 24.1 Å². The maximum absolute atomic E-state index is 9.77. The summed E-state index contributed by atoms with van der Waals surface area (Å²) in [7, 11) is 0. The molecule has 0 aliphatic carbocycles. The smallest absolute Gasteiger partial charge is 0.141 e. The number of hydrogen-bond donors (Lipinski definition) is 2. The second-order valence-electron chi connectivity index (χ2n) is 4.86. The van der Waals surface area contributed by atoms with Crippen LogP contribution in [0.5, 0.6) is 5.75 Å². The van der Waals surface area contributed by atoms with Crippen molar-refractivity contribution in [2.45, 2.75) is 32.7 Å². The molecule has 2 aromatic rings. The summed E-state index contributed by atoms with van der Waals surface area (Å²) in [4.78, 5) is 4.51. The van der Waals surface area contributed by atoms with Gasteiger partial charge in [0.25, 0.3) is 0 Å². The van der Waals surface area contributed by atoms with Crippen molar-refractivity contribution >= 4 is 10.9 Å². The minimum Gasteiger partial charge on any atom is -0.506 e. The number of aryl methyl sites for hydroxylation is 1. The molecule has 0 aliphatic rings. The number of phenols is 1. The maximum atomic E-state index is 9.77. The molecule has 2 rings (SSSR count). The minimum absolute atomic E-state index is 0.259. The summed E-state index contributed by atoms with van der Waals surface area (Å²) in [5.41, 5.74) is 1.74. The predicted octanol–water partition coefficient (Wildman–Crippen LogP) is 2.87. The summed E-state index contributed by atoms with van der Waals surface area (Å²) in [6.45, 7) is 5.29. The largest absolute Gasteiger partial charge is 0.506 e. The second kappa shape index (κ2) is 5.83. The molecule has 1 heterocycles. The van der Waals surface area contributed by atoms with Gasteiger partial charge in [0.15, 0.2) is 0 Å². The van der Waals surface area contributed by atoms with Crippen molar-refractivity contribution < 1.29 is 5.11 Å². The van der Waals surface area contributed by atoms with E-state index in [4.69, 9.17) is 0 Å². The number of pyridine rings is 1. The zero-order valence-electron chi connectivity index (χ0n) is 11.0. The molecule has 3 nitrogen and oxygen atoms in total. The minimum atomic E-state index is 0.259. The van der Waals surface area contributed by atoms with Crippen LogP contribution in [0.15, 0.2) is 30.3 Å². The average molecular weight is 244 g/mol. The van der Waals surface area contributed by atoms with Gasteiger partial charge in [0.2, 0.25) is 0 Å². The number of hydrogen-bond acceptors (Lipinski definition) is 3. The first-order chi connectivity index (χ1) is 8.66. The lowest BCUT2D eigenvalue weighted by molar-refractivity contribution is 0.480. The lowest BCUT2D eigenvalue weighted by Gasteiger charge is -2.08. The standard InChI is InChI=1S/C15H20N2O/c1-11(2)16-10-4-6-13-9-8-12-5-3-7-14(18)15(12)17-13/h3,5,7-9,11,16,18H,4,6,10H2,1-2H3. The van der Waals surface area contributed by atoms with Crippen LogP contribution in [0, 0.1) is 0 Å². The van der Waals surface area contributed by atoms with E-state index in [1.54, 1.807) is 6.07 Å². The Morgan fingerprint density at radius 2 is 2.06 bits per heavy atom. The molecule has 0 unspecified atom stereocenters. The fourth-order valence-corrected chi connectivity index (χ4v) is 1.97. The Kier molecular flexibility index (Phi) is 4.15. The Bertz CT molecular complexity index is 523. The van der Waals surface area contributed by atoms with E-state index in [1.165, 1.54) is 0 Å². The van der Waals surface area contributed by atoms with Gasteiger partial charge in [0, 0.05) is 17.1 Å². The van der Waals surface area contributed by atoms with Gasteiger partial charge in [0.05, 0.1) is 0 Å². The van der Waals surface area contributed by atoms with Crippen molar-refractivity contribution in [3.63, 3.8) is 0 Å². The van der Waals surface area contributed by atoms with Gasteiger partial charge in [-0.2, -0.15) is 0 Å². The number of aromatic hydroxyl groups is 1. The van der Waals surface area contributed by atoms with Gasteiger partial charge in [-0.25, -0.2) is 4.98 Å². The Balaban J connectivity index is 2.03. The topological polar surface area (TPSA) is 45.1 Å². The highest BCUT2D eigenvalue weighted by atomic mass is 16.3. The Morgan fingerprint density at radius 3 is 2.83 bits per heavy atom. The van der Waals surface area contributed by atoms with Gasteiger partial charge in [0.1, 0.15) is 11.3 Å². The summed E-state index contributed by atoms with van der Waals surface area (Å²) in [5.74, 6) is 0.259. The molecule has 1 aromatic heterocycles. The van der Waals surface area contributed by atoms with Gasteiger partial charge in [-0.15, -0.1) is 0 Å². The highest BCUT2D eigenvalue weighted by Crippen LogP contribution is 2.22. The number of nitrogens with one attached hydrogen (secondary N) is 1. The molecule has 0 spiro atoms. The third-order valence-corrected chi connectivity index (χ3v) is 2.92. The molecule has 1 aromatic carbocycles. The fourth-order valence-electron chi connectivity index (χ4n) is 1.97. The third kappa shape index (κ3) is 3.20. The molecule has 0 atom stereocenters. The number of fused-ring (bicyclic) bond motifs is 1. The van der Waals surface area contributed by atoms with Crippen LogP contribution in [0.1, 0.15) is 26.0 Å². The number of benzene rings is 1. The van der Waals surface area contributed by atoms with E-state index in [0.717, 1.165) is 30.5 Å². The van der Waals surface area contributed by atoms with Crippen LogP contribution >= 0.6 is 0 Å². The Labute approximate surface area is 108 Å². The molecule has 0 saturated carbocycles. The molecule has 0 amide bonds. The molecule has 96 valence electrons. The van der Waals surface area contributed by atoms with Crippen LogP contribution in [-0.4, -0.2) is 22.7 Å². The van der Waals surface area contributed by atoms with Gasteiger partial charge in [-0.1, -0.05) is 32.0 Å². The van der Waals surface area contributed by atoms with E-state index in [0.29, 0.717) is 11.6 Å². The van der Waals surface area contributed by atoms with Crippen LogP contribution < -0.4 is 5.32 Å². The van der Waals surface area contributed by atoms with Gasteiger partial charge in [-0.05, 0) is 31.5 Å². The summed E-state index contributed by atoms with van der Waals surface area (Å²) < 4.78 is 0. The van der Waals surface area contributed by atoms with E-state index in [9.17, 15) is 5.11 Å². The van der Waals surface area contributed by atoms with Crippen LogP contribution in [0.4, 0.5) is 0 Å². The molecule has 2 N–H and O–H groups in total. The Hall–Kier alpha value is -1.61. The van der Waals surface area contributed by atoms with Crippen LogP contribution in [0.2, 0.25) is 0 Å². The molecule has 0 bridgehead atoms. The van der Waals surface area contributed by atoms with E-state index < -0.39 is 0 Å². The summed E-state index contributed by atoms with van der Waals surface area (Å²) in [5, 5.41) is 14.1. The summed E-state index contributed by atoms with van der Waals surface area (Å²) in [6, 6.07) is 10.1. The number of para-hydroxylation sites is 1. The molecular weight excluding hydrogens is 224 g/mol. The molecule has 0 aliphatic heterocycles. The molecule has 3 heteroatoms. The van der Waals surface area contributed by atoms with Crippen molar-refractivity contribution in [2.75, 3.05) is 6.54 Å². The van der Waals surface area contributed by atoms with Crippen LogP contribution in [0.3, 0.4) is 0 Å². The lowest BCUT2D eigenvalue weighted by atomic mass is 10.1. The van der Waals surface area contributed by atoms with Crippen LogP contribution in [-0.2, 0) is 6.42 Å². The molecule has 0 saturated heterocycles. The van der Waals surface area contributed by atoms with Gasteiger partial charge < -0.3 is 10.4 Å². The monoisotopic (exact) mass is 244 g/mol. The number of nitrogens with zero attached hydrogens (tertiary/aromatic N) is 1. The predicted molar refractivity (Wildman–Crippen MR) is 74.9 cm³/mol. The number of aromatic nitrogens is 1. The lowest BCUT2D eigenvalue weighted by Crippen LogP contribution is -2.23. The van der Waals surface area contributed by atoms with Crippen molar-refractivity contribution in [2.24, 2.45) is 0 Å². The van der Waals surface area contributed by atoms with Crippen molar-refractivity contribution in [1.29, 1.82) is 0 Å². The first-order valence-electron chi connectivity index (χ1n) is 6.48. The fraction of sp³-hybridized carbons (Fsp3) is 0.400. The van der Waals surface area contributed by atoms with Gasteiger partial charge >= 0.3 is 0 Å². The maximum Gasteiger partial charge on any atom is 0.141 e. The molecule has 0 radical (unpaired) electrons. The van der Waals surface area contributed by atoms with Gasteiger partial charge in [-0.3, -0.25) is 0 Å². The Morgan fingerprint density at radius 1 is 1.22 bits per heavy atom. The molecule has 0 fully saturated rings. The zero-order chi connectivity index (χ0) is 13.0. The number of phenolic OH excluding ortho intramolecular Hbond substituents is 1. The highest BCUT2D eigenvalue weighted by molar-refractivity contribution is 5.84. The molecular formula is C15H20N2O. The third-order valence-electron chi connectivity index (χ3n) is 2.92. The zero-order valence-corrected chi connectivity index (χ0v) is 11.0. The van der Waals surface area contributed by atoms with E-state index in [-0.39, 0.29) is 5.75 Å². The second-order valence-corrected chi connectivity index (χ2v) is 4.86.